The van der Waals surface area contributed by atoms with E-state index in [1.54, 1.807) is 30.2 Å². The van der Waals surface area contributed by atoms with Gasteiger partial charge < -0.3 is 10.5 Å². The molecular weight excluding hydrogens is 276 g/mol. The Balaban J connectivity index is 2.24. The van der Waals surface area contributed by atoms with Crippen molar-refractivity contribution in [2.75, 3.05) is 7.11 Å². The lowest BCUT2D eigenvalue weighted by Crippen LogP contribution is -2.22. The molecule has 0 radical (unpaired) electrons. The number of nitrogens with zero attached hydrogens (tertiary/aromatic N) is 1. The third kappa shape index (κ3) is 3.72. The fourth-order valence-electron chi connectivity index (χ4n) is 1.79. The Labute approximate surface area is 122 Å². The topological polar surface area (TPSA) is 48.1 Å². The number of ether oxygens (including phenoxy) is 1. The number of thioether (sulfide) groups is 1. The van der Waals surface area contributed by atoms with Crippen LogP contribution < -0.4 is 10.5 Å². The molecule has 0 aliphatic carbocycles. The first-order valence-corrected chi connectivity index (χ1v) is 7.84. The molecule has 2 atom stereocenters. The summed E-state index contributed by atoms with van der Waals surface area (Å²) in [5, 5.41) is 2.24. The molecule has 0 amide bonds. The van der Waals surface area contributed by atoms with E-state index < -0.39 is 0 Å². The Morgan fingerprint density at radius 3 is 2.79 bits per heavy atom. The van der Waals surface area contributed by atoms with Crippen LogP contribution in [-0.2, 0) is 0 Å². The van der Waals surface area contributed by atoms with E-state index in [1.807, 2.05) is 32.0 Å². The van der Waals surface area contributed by atoms with E-state index in [-0.39, 0.29) is 11.3 Å². The van der Waals surface area contributed by atoms with Crippen LogP contribution >= 0.6 is 23.1 Å². The minimum Gasteiger partial charge on any atom is -0.497 e. The highest BCUT2D eigenvalue weighted by atomic mass is 32.2. The molecule has 0 aliphatic rings. The highest BCUT2D eigenvalue weighted by molar-refractivity contribution is 8.01. The zero-order chi connectivity index (χ0) is 13.8. The molecule has 2 unspecified atom stereocenters. The SMILES string of the molecule is COc1cccc(C(Sc2nc(C)cs2)C(C)N)c1. The van der Waals surface area contributed by atoms with Crippen molar-refractivity contribution in [3.8, 4) is 5.75 Å². The molecule has 2 aromatic rings. The van der Waals surface area contributed by atoms with Crippen LogP contribution in [0.25, 0.3) is 0 Å². The summed E-state index contributed by atoms with van der Waals surface area (Å²) in [5.41, 5.74) is 8.36. The molecule has 1 heterocycles. The molecule has 2 N–H and O–H groups in total. The quantitative estimate of drug-likeness (QED) is 0.855. The van der Waals surface area contributed by atoms with Gasteiger partial charge in [-0.15, -0.1) is 11.3 Å². The van der Waals surface area contributed by atoms with Crippen LogP contribution in [0.5, 0.6) is 5.75 Å². The second-order valence-electron chi connectivity index (χ2n) is 4.43. The lowest BCUT2D eigenvalue weighted by Gasteiger charge is -2.20. The molecule has 0 saturated heterocycles. The zero-order valence-corrected chi connectivity index (χ0v) is 12.9. The monoisotopic (exact) mass is 294 g/mol. The summed E-state index contributed by atoms with van der Waals surface area (Å²) >= 11 is 3.38. The number of aromatic nitrogens is 1. The second kappa shape index (κ2) is 6.41. The maximum atomic E-state index is 6.13. The van der Waals surface area contributed by atoms with Gasteiger partial charge in [-0.3, -0.25) is 0 Å². The van der Waals surface area contributed by atoms with Crippen molar-refractivity contribution < 1.29 is 4.74 Å². The predicted octanol–water partition coefficient (Wildman–Crippen LogP) is 3.64. The lowest BCUT2D eigenvalue weighted by atomic mass is 10.1. The Morgan fingerprint density at radius 1 is 1.42 bits per heavy atom. The van der Waals surface area contributed by atoms with Crippen LogP contribution in [0.15, 0.2) is 34.0 Å². The van der Waals surface area contributed by atoms with E-state index in [0.29, 0.717) is 0 Å². The maximum Gasteiger partial charge on any atom is 0.150 e. The first kappa shape index (κ1) is 14.4. The van der Waals surface area contributed by atoms with Gasteiger partial charge in [-0.25, -0.2) is 4.98 Å². The van der Waals surface area contributed by atoms with Crippen LogP contribution in [0.3, 0.4) is 0 Å². The summed E-state index contributed by atoms with van der Waals surface area (Å²) in [6, 6.07) is 8.11. The van der Waals surface area contributed by atoms with Gasteiger partial charge in [-0.05, 0) is 31.5 Å². The van der Waals surface area contributed by atoms with Gasteiger partial charge in [-0.1, -0.05) is 23.9 Å². The fourth-order valence-corrected chi connectivity index (χ4v) is 3.90. The normalized spacial score (nSPS) is 14.1. The molecule has 0 aliphatic heterocycles. The number of nitrogens with two attached hydrogens (primary N) is 1. The number of thiazole rings is 1. The number of aryl methyl sites for hydroxylation is 1. The van der Waals surface area contributed by atoms with Crippen LogP contribution in [0, 0.1) is 6.92 Å². The standard InChI is InChI=1S/C14H18N2OS2/c1-9-8-18-14(16-9)19-13(10(2)15)11-5-4-6-12(7-11)17-3/h4-8,10,13H,15H2,1-3H3. The molecule has 19 heavy (non-hydrogen) atoms. The maximum absolute atomic E-state index is 6.13. The molecule has 0 bridgehead atoms. The van der Waals surface area contributed by atoms with Gasteiger partial charge in [0.15, 0.2) is 4.34 Å². The highest BCUT2D eigenvalue weighted by Crippen LogP contribution is 2.39. The van der Waals surface area contributed by atoms with Crippen molar-refractivity contribution in [1.82, 2.24) is 4.98 Å². The molecule has 0 spiro atoms. The van der Waals surface area contributed by atoms with E-state index in [2.05, 4.69) is 16.4 Å². The molecule has 102 valence electrons. The third-order valence-corrected chi connectivity index (χ3v) is 5.30. The van der Waals surface area contributed by atoms with E-state index in [4.69, 9.17) is 10.5 Å². The summed E-state index contributed by atoms with van der Waals surface area (Å²) in [6.07, 6.45) is 0. The lowest BCUT2D eigenvalue weighted by molar-refractivity contribution is 0.414. The zero-order valence-electron chi connectivity index (χ0n) is 11.3. The van der Waals surface area contributed by atoms with Crippen molar-refractivity contribution in [2.24, 2.45) is 5.73 Å². The molecule has 1 aromatic heterocycles. The van der Waals surface area contributed by atoms with Crippen LogP contribution in [0.4, 0.5) is 0 Å². The molecule has 0 saturated carbocycles. The van der Waals surface area contributed by atoms with Crippen LogP contribution in [0.2, 0.25) is 0 Å². The van der Waals surface area contributed by atoms with E-state index in [0.717, 1.165) is 15.8 Å². The minimum absolute atomic E-state index is 0.0429. The second-order valence-corrected chi connectivity index (χ2v) is 6.68. The van der Waals surface area contributed by atoms with Crippen LogP contribution in [0.1, 0.15) is 23.4 Å². The highest BCUT2D eigenvalue weighted by Gasteiger charge is 2.19. The fraction of sp³-hybridized carbons (Fsp3) is 0.357. The van der Waals surface area contributed by atoms with Crippen LogP contribution in [-0.4, -0.2) is 18.1 Å². The average molecular weight is 294 g/mol. The van der Waals surface area contributed by atoms with Crippen molar-refractivity contribution >= 4 is 23.1 Å². The molecule has 1 aromatic carbocycles. The Kier molecular flexibility index (Phi) is 4.85. The number of hydrogen-bond donors (Lipinski definition) is 1. The average Bonchev–Trinajstić information content (AvgIpc) is 2.81. The number of methoxy groups -OCH3 is 1. The van der Waals surface area contributed by atoms with E-state index >= 15 is 0 Å². The minimum atomic E-state index is 0.0429. The number of hydrogen-bond acceptors (Lipinski definition) is 5. The molecule has 5 heteroatoms. The number of rotatable bonds is 5. The first-order valence-electron chi connectivity index (χ1n) is 6.08. The summed E-state index contributed by atoms with van der Waals surface area (Å²) in [5.74, 6) is 0.860. The smallest absolute Gasteiger partial charge is 0.150 e. The summed E-state index contributed by atoms with van der Waals surface area (Å²) in [4.78, 5) is 4.50. The summed E-state index contributed by atoms with van der Waals surface area (Å²) < 4.78 is 6.33. The van der Waals surface area contributed by atoms with Gasteiger partial charge in [0.2, 0.25) is 0 Å². The van der Waals surface area contributed by atoms with E-state index in [9.17, 15) is 0 Å². The van der Waals surface area contributed by atoms with Gasteiger partial charge in [0, 0.05) is 17.1 Å². The number of benzene rings is 1. The Bertz CT molecular complexity index is 540. The van der Waals surface area contributed by atoms with Crippen molar-refractivity contribution in [1.29, 1.82) is 0 Å². The summed E-state index contributed by atoms with van der Waals surface area (Å²) in [7, 11) is 1.68. The molecule has 0 fully saturated rings. The van der Waals surface area contributed by atoms with Crippen molar-refractivity contribution in [3.63, 3.8) is 0 Å². The third-order valence-electron chi connectivity index (χ3n) is 2.73. The van der Waals surface area contributed by atoms with Gasteiger partial charge in [-0.2, -0.15) is 0 Å². The predicted molar refractivity (Wildman–Crippen MR) is 82.1 cm³/mol. The Morgan fingerprint density at radius 2 is 2.21 bits per heavy atom. The van der Waals surface area contributed by atoms with Crippen molar-refractivity contribution in [3.05, 3.63) is 40.9 Å². The molecule has 2 rings (SSSR count). The molecule has 3 nitrogen and oxygen atoms in total. The summed E-state index contributed by atoms with van der Waals surface area (Å²) in [6.45, 7) is 4.03. The van der Waals surface area contributed by atoms with Gasteiger partial charge in [0.1, 0.15) is 5.75 Å². The van der Waals surface area contributed by atoms with Gasteiger partial charge in [0.25, 0.3) is 0 Å². The first-order chi connectivity index (χ1) is 9.10. The molecular formula is C14H18N2OS2. The van der Waals surface area contributed by atoms with Gasteiger partial charge >= 0.3 is 0 Å². The van der Waals surface area contributed by atoms with E-state index in [1.165, 1.54) is 5.56 Å². The van der Waals surface area contributed by atoms with Gasteiger partial charge in [0.05, 0.1) is 12.4 Å². The largest absolute Gasteiger partial charge is 0.497 e. The van der Waals surface area contributed by atoms with Crippen molar-refractivity contribution in [2.45, 2.75) is 29.5 Å². The Hall–Kier alpha value is -1.04.